The molecule has 0 spiro atoms. The maximum absolute atomic E-state index is 5.76. The van der Waals surface area contributed by atoms with E-state index >= 15 is 0 Å². The van der Waals surface area contributed by atoms with Crippen molar-refractivity contribution >= 4 is 0 Å². The standard InChI is InChI=1S/C15H25NO2/c1-12(2)11-17-7-8-18-15(10-16)14-6-4-5-13(3)9-14/h4-6,9,12,15H,7-8,10-11,16H2,1-3H3. The highest BCUT2D eigenvalue weighted by molar-refractivity contribution is 5.24. The summed E-state index contributed by atoms with van der Waals surface area (Å²) in [4.78, 5) is 0. The molecular weight excluding hydrogens is 226 g/mol. The third-order valence-electron chi connectivity index (χ3n) is 2.63. The molecule has 1 aromatic rings. The molecule has 1 rings (SSSR count). The van der Waals surface area contributed by atoms with Crippen LogP contribution in [0, 0.1) is 12.8 Å². The lowest BCUT2D eigenvalue weighted by molar-refractivity contribution is 0.00176. The van der Waals surface area contributed by atoms with Crippen molar-refractivity contribution in [2.75, 3.05) is 26.4 Å². The van der Waals surface area contributed by atoms with Crippen molar-refractivity contribution in [3.63, 3.8) is 0 Å². The van der Waals surface area contributed by atoms with Gasteiger partial charge < -0.3 is 15.2 Å². The Morgan fingerprint density at radius 1 is 1.22 bits per heavy atom. The van der Waals surface area contributed by atoms with Crippen LogP contribution in [0.25, 0.3) is 0 Å². The van der Waals surface area contributed by atoms with Crippen LogP contribution in [0.5, 0.6) is 0 Å². The average Bonchev–Trinajstić information content (AvgIpc) is 2.33. The van der Waals surface area contributed by atoms with Gasteiger partial charge in [-0.2, -0.15) is 0 Å². The number of benzene rings is 1. The van der Waals surface area contributed by atoms with Gasteiger partial charge in [0.25, 0.3) is 0 Å². The predicted octanol–water partition coefficient (Wildman–Crippen LogP) is 2.68. The van der Waals surface area contributed by atoms with Crippen molar-refractivity contribution in [2.45, 2.75) is 26.9 Å². The summed E-state index contributed by atoms with van der Waals surface area (Å²) in [6.07, 6.45) is -0.0347. The van der Waals surface area contributed by atoms with Crippen LogP contribution in [0.3, 0.4) is 0 Å². The zero-order valence-electron chi connectivity index (χ0n) is 11.7. The van der Waals surface area contributed by atoms with Crippen LogP contribution in [-0.4, -0.2) is 26.4 Å². The molecule has 0 bridgehead atoms. The van der Waals surface area contributed by atoms with Crippen molar-refractivity contribution in [3.05, 3.63) is 35.4 Å². The second kappa shape index (κ2) is 8.25. The molecule has 0 saturated heterocycles. The number of hydrogen-bond acceptors (Lipinski definition) is 3. The van der Waals surface area contributed by atoms with Gasteiger partial charge in [-0.05, 0) is 18.4 Å². The highest BCUT2D eigenvalue weighted by Gasteiger charge is 2.09. The molecule has 0 radical (unpaired) electrons. The van der Waals surface area contributed by atoms with Gasteiger partial charge in [-0.15, -0.1) is 0 Å². The molecule has 0 aromatic heterocycles. The van der Waals surface area contributed by atoms with Gasteiger partial charge in [-0.1, -0.05) is 43.7 Å². The second-order valence-corrected chi connectivity index (χ2v) is 4.98. The Labute approximate surface area is 110 Å². The van der Waals surface area contributed by atoms with Crippen molar-refractivity contribution in [1.29, 1.82) is 0 Å². The van der Waals surface area contributed by atoms with Gasteiger partial charge >= 0.3 is 0 Å². The molecule has 102 valence electrons. The first-order valence-corrected chi connectivity index (χ1v) is 6.59. The molecule has 0 aliphatic heterocycles. The number of hydrogen-bond donors (Lipinski definition) is 1. The van der Waals surface area contributed by atoms with E-state index in [2.05, 4.69) is 39.0 Å². The topological polar surface area (TPSA) is 44.5 Å². The van der Waals surface area contributed by atoms with Gasteiger partial charge in [-0.3, -0.25) is 0 Å². The number of nitrogens with two attached hydrogens (primary N) is 1. The van der Waals surface area contributed by atoms with Crippen LogP contribution in [-0.2, 0) is 9.47 Å². The van der Waals surface area contributed by atoms with E-state index in [0.29, 0.717) is 25.7 Å². The zero-order valence-corrected chi connectivity index (χ0v) is 11.7. The average molecular weight is 251 g/mol. The van der Waals surface area contributed by atoms with E-state index < -0.39 is 0 Å². The molecule has 0 fully saturated rings. The van der Waals surface area contributed by atoms with E-state index in [1.165, 1.54) is 5.56 Å². The molecule has 1 atom stereocenters. The summed E-state index contributed by atoms with van der Waals surface area (Å²) < 4.78 is 11.2. The lowest BCUT2D eigenvalue weighted by Crippen LogP contribution is -2.18. The van der Waals surface area contributed by atoms with Gasteiger partial charge in [-0.25, -0.2) is 0 Å². The molecule has 18 heavy (non-hydrogen) atoms. The molecule has 0 amide bonds. The highest BCUT2D eigenvalue weighted by Crippen LogP contribution is 2.17. The fraction of sp³-hybridized carbons (Fsp3) is 0.600. The normalized spacial score (nSPS) is 12.9. The summed E-state index contributed by atoms with van der Waals surface area (Å²) in [5, 5.41) is 0. The van der Waals surface area contributed by atoms with E-state index in [0.717, 1.165) is 12.2 Å². The SMILES string of the molecule is Cc1cccc(C(CN)OCCOCC(C)C)c1. The third kappa shape index (κ3) is 5.63. The lowest BCUT2D eigenvalue weighted by atomic mass is 10.1. The Hall–Kier alpha value is -0.900. The molecule has 2 N–H and O–H groups in total. The van der Waals surface area contributed by atoms with Crippen LogP contribution in [0.4, 0.5) is 0 Å². The molecule has 0 aliphatic rings. The number of aryl methyl sites for hydroxylation is 1. The quantitative estimate of drug-likeness (QED) is 0.722. The van der Waals surface area contributed by atoms with E-state index in [9.17, 15) is 0 Å². The fourth-order valence-electron chi connectivity index (χ4n) is 1.74. The summed E-state index contributed by atoms with van der Waals surface area (Å²) in [5.41, 5.74) is 8.12. The number of ether oxygens (including phenoxy) is 2. The van der Waals surface area contributed by atoms with Crippen molar-refractivity contribution in [3.8, 4) is 0 Å². The lowest BCUT2D eigenvalue weighted by Gasteiger charge is -2.17. The minimum atomic E-state index is -0.0347. The van der Waals surface area contributed by atoms with Gasteiger partial charge in [0.2, 0.25) is 0 Å². The van der Waals surface area contributed by atoms with Crippen LogP contribution in [0.1, 0.15) is 31.1 Å². The molecule has 1 unspecified atom stereocenters. The maximum atomic E-state index is 5.76. The summed E-state index contributed by atoms with van der Waals surface area (Å²) in [6.45, 7) is 8.83. The van der Waals surface area contributed by atoms with Gasteiger partial charge in [0.1, 0.15) is 0 Å². The molecule has 0 aliphatic carbocycles. The largest absolute Gasteiger partial charge is 0.379 e. The Morgan fingerprint density at radius 2 is 2.00 bits per heavy atom. The van der Waals surface area contributed by atoms with E-state index in [-0.39, 0.29) is 6.10 Å². The first-order valence-electron chi connectivity index (χ1n) is 6.59. The number of rotatable bonds is 8. The van der Waals surface area contributed by atoms with Crippen LogP contribution < -0.4 is 5.73 Å². The van der Waals surface area contributed by atoms with Gasteiger partial charge in [0.05, 0.1) is 19.3 Å². The Kier molecular flexibility index (Phi) is 6.94. The fourth-order valence-corrected chi connectivity index (χ4v) is 1.74. The zero-order chi connectivity index (χ0) is 13.4. The predicted molar refractivity (Wildman–Crippen MR) is 74.6 cm³/mol. The van der Waals surface area contributed by atoms with E-state index in [1.807, 2.05) is 6.07 Å². The van der Waals surface area contributed by atoms with Gasteiger partial charge in [0.15, 0.2) is 0 Å². The molecular formula is C15H25NO2. The highest BCUT2D eigenvalue weighted by atomic mass is 16.5. The second-order valence-electron chi connectivity index (χ2n) is 4.98. The summed E-state index contributed by atoms with van der Waals surface area (Å²) in [6, 6.07) is 8.28. The van der Waals surface area contributed by atoms with Crippen molar-refractivity contribution in [1.82, 2.24) is 0 Å². The van der Waals surface area contributed by atoms with E-state index in [1.54, 1.807) is 0 Å². The first-order chi connectivity index (χ1) is 8.63. The third-order valence-corrected chi connectivity index (χ3v) is 2.63. The Balaban J connectivity index is 2.34. The first kappa shape index (κ1) is 15.2. The Morgan fingerprint density at radius 3 is 2.61 bits per heavy atom. The summed E-state index contributed by atoms with van der Waals surface area (Å²) >= 11 is 0. The minimum absolute atomic E-state index is 0.0347. The van der Waals surface area contributed by atoms with Crippen LogP contribution in [0.2, 0.25) is 0 Å². The van der Waals surface area contributed by atoms with Crippen molar-refractivity contribution in [2.24, 2.45) is 11.7 Å². The summed E-state index contributed by atoms with van der Waals surface area (Å²) in [5.74, 6) is 0.562. The van der Waals surface area contributed by atoms with Crippen molar-refractivity contribution < 1.29 is 9.47 Å². The smallest absolute Gasteiger partial charge is 0.0948 e. The van der Waals surface area contributed by atoms with E-state index in [4.69, 9.17) is 15.2 Å². The molecule has 3 nitrogen and oxygen atoms in total. The monoisotopic (exact) mass is 251 g/mol. The molecule has 0 saturated carbocycles. The summed E-state index contributed by atoms with van der Waals surface area (Å²) in [7, 11) is 0. The van der Waals surface area contributed by atoms with Crippen LogP contribution >= 0.6 is 0 Å². The van der Waals surface area contributed by atoms with Gasteiger partial charge in [0, 0.05) is 13.2 Å². The van der Waals surface area contributed by atoms with Crippen LogP contribution in [0.15, 0.2) is 24.3 Å². The molecule has 3 heteroatoms. The Bertz CT molecular complexity index is 339. The molecule has 1 aromatic carbocycles. The molecule has 0 heterocycles. The maximum Gasteiger partial charge on any atom is 0.0948 e. The minimum Gasteiger partial charge on any atom is -0.379 e.